The molecule has 2 aromatic rings. The van der Waals surface area contributed by atoms with Gasteiger partial charge in [0.1, 0.15) is 0 Å². The van der Waals surface area contributed by atoms with Crippen LogP contribution in [0.1, 0.15) is 0 Å². The lowest BCUT2D eigenvalue weighted by molar-refractivity contribution is 0.961. The summed E-state index contributed by atoms with van der Waals surface area (Å²) in [5.74, 6) is 0. The van der Waals surface area contributed by atoms with E-state index < -0.39 is 0 Å². The van der Waals surface area contributed by atoms with Gasteiger partial charge < -0.3 is 4.57 Å². The summed E-state index contributed by atoms with van der Waals surface area (Å²) in [5.41, 5.74) is 1.19. The number of benzene rings is 1. The van der Waals surface area contributed by atoms with Gasteiger partial charge in [-0.05, 0) is 40.3 Å². The zero-order valence-corrected chi connectivity index (χ0v) is 9.59. The summed E-state index contributed by atoms with van der Waals surface area (Å²) in [6, 6.07) is 6.14. The fraction of sp³-hybridized carbons (Fsp3) is 0.125. The third-order valence-corrected chi connectivity index (χ3v) is 3.92. The van der Waals surface area contributed by atoms with Crippen LogP contribution in [0.3, 0.4) is 0 Å². The third kappa shape index (κ3) is 1.14. The largest absolute Gasteiger partial charge is 0.325 e. The van der Waals surface area contributed by atoms with Gasteiger partial charge in [0.25, 0.3) is 0 Å². The molecular weight excluding hydrogens is 254 g/mol. The third-order valence-electron chi connectivity index (χ3n) is 1.76. The van der Waals surface area contributed by atoms with Crippen LogP contribution in [0.4, 0.5) is 0 Å². The summed E-state index contributed by atoms with van der Waals surface area (Å²) in [4.78, 5) is 0. The van der Waals surface area contributed by atoms with Gasteiger partial charge in [0.2, 0.25) is 0 Å². The molecule has 1 nitrogen and oxygen atoms in total. The topological polar surface area (TPSA) is 4.93 Å². The second-order valence-electron chi connectivity index (χ2n) is 2.51. The average Bonchev–Trinajstić information content (AvgIpc) is 2.29. The monoisotopic (exact) mass is 259 g/mol. The van der Waals surface area contributed by atoms with E-state index in [0.717, 1.165) is 8.43 Å². The Bertz CT molecular complexity index is 483. The summed E-state index contributed by atoms with van der Waals surface area (Å²) in [5, 5.41) is 0. The van der Waals surface area contributed by atoms with Crippen LogP contribution in [0, 0.1) is 3.95 Å². The van der Waals surface area contributed by atoms with Crippen LogP contribution in [0.5, 0.6) is 0 Å². The Morgan fingerprint density at radius 1 is 1.50 bits per heavy atom. The molecule has 0 spiro atoms. The molecule has 0 fully saturated rings. The van der Waals surface area contributed by atoms with E-state index in [1.165, 1.54) is 10.2 Å². The normalized spacial score (nSPS) is 10.8. The molecule has 0 bridgehead atoms. The second-order valence-corrected chi connectivity index (χ2v) is 5.04. The van der Waals surface area contributed by atoms with Gasteiger partial charge >= 0.3 is 0 Å². The van der Waals surface area contributed by atoms with Crippen LogP contribution in [-0.2, 0) is 7.05 Å². The fourth-order valence-electron chi connectivity index (χ4n) is 1.16. The molecule has 4 heteroatoms. The van der Waals surface area contributed by atoms with Crippen LogP contribution in [0.15, 0.2) is 22.7 Å². The number of aromatic nitrogens is 1. The number of hydrogen-bond donors (Lipinski definition) is 0. The lowest BCUT2D eigenvalue weighted by Gasteiger charge is -1.96. The van der Waals surface area contributed by atoms with Gasteiger partial charge in [-0.25, -0.2) is 0 Å². The smallest absolute Gasteiger partial charge is 0.161 e. The molecule has 1 heterocycles. The Morgan fingerprint density at radius 2 is 2.25 bits per heavy atom. The molecule has 0 aliphatic heterocycles. The van der Waals surface area contributed by atoms with Gasteiger partial charge in [0.05, 0.1) is 10.2 Å². The maximum atomic E-state index is 5.17. The van der Waals surface area contributed by atoms with Gasteiger partial charge in [-0.3, -0.25) is 0 Å². The second kappa shape index (κ2) is 2.94. The predicted octanol–water partition coefficient (Wildman–Crippen LogP) is 3.73. The molecule has 0 aliphatic carbocycles. The number of fused-ring (bicyclic) bond motifs is 1. The minimum absolute atomic E-state index is 0.914. The van der Waals surface area contributed by atoms with Crippen LogP contribution >= 0.6 is 39.5 Å². The molecule has 12 heavy (non-hydrogen) atoms. The molecule has 1 aromatic carbocycles. The zero-order valence-electron chi connectivity index (χ0n) is 6.37. The Kier molecular flexibility index (Phi) is 2.06. The van der Waals surface area contributed by atoms with Gasteiger partial charge in [-0.2, -0.15) is 0 Å². The summed E-state index contributed by atoms with van der Waals surface area (Å²) in [7, 11) is 1.99. The molecule has 0 saturated heterocycles. The SMILES string of the molecule is Cn1c(=S)sc2cccc(Br)c21. The molecule has 62 valence electrons. The van der Waals surface area contributed by atoms with E-state index in [-0.39, 0.29) is 0 Å². The van der Waals surface area contributed by atoms with E-state index in [9.17, 15) is 0 Å². The van der Waals surface area contributed by atoms with Crippen molar-refractivity contribution in [2.75, 3.05) is 0 Å². The lowest BCUT2D eigenvalue weighted by Crippen LogP contribution is -1.86. The van der Waals surface area contributed by atoms with Crippen molar-refractivity contribution in [1.29, 1.82) is 0 Å². The number of aryl methyl sites for hydroxylation is 1. The Morgan fingerprint density at radius 3 is 2.92 bits per heavy atom. The van der Waals surface area contributed by atoms with Crippen LogP contribution in [-0.4, -0.2) is 4.57 Å². The highest BCUT2D eigenvalue weighted by atomic mass is 79.9. The van der Waals surface area contributed by atoms with Gasteiger partial charge in [-0.15, -0.1) is 11.3 Å². The van der Waals surface area contributed by atoms with Crippen LogP contribution in [0.25, 0.3) is 10.2 Å². The number of para-hydroxylation sites is 1. The number of halogens is 1. The first kappa shape index (κ1) is 8.41. The Labute approximate surface area is 87.8 Å². The Balaban J connectivity index is 3.07. The molecule has 0 amide bonds. The van der Waals surface area contributed by atoms with Crippen molar-refractivity contribution in [3.63, 3.8) is 0 Å². The molecule has 0 N–H and O–H groups in total. The average molecular weight is 260 g/mol. The number of rotatable bonds is 0. The zero-order chi connectivity index (χ0) is 8.72. The van der Waals surface area contributed by atoms with Crippen molar-refractivity contribution in [2.24, 2.45) is 7.05 Å². The van der Waals surface area contributed by atoms with Crippen molar-refractivity contribution in [3.8, 4) is 0 Å². The summed E-state index contributed by atoms with van der Waals surface area (Å²) >= 11 is 10.3. The number of thiazole rings is 1. The summed E-state index contributed by atoms with van der Waals surface area (Å²) in [6.07, 6.45) is 0. The summed E-state index contributed by atoms with van der Waals surface area (Å²) < 4.78 is 5.28. The fourth-order valence-corrected chi connectivity index (χ4v) is 3.19. The first-order valence-corrected chi connectivity index (χ1v) is 5.46. The van der Waals surface area contributed by atoms with Crippen molar-refractivity contribution in [1.82, 2.24) is 4.57 Å². The van der Waals surface area contributed by atoms with Crippen molar-refractivity contribution in [2.45, 2.75) is 0 Å². The highest BCUT2D eigenvalue weighted by molar-refractivity contribution is 9.10. The van der Waals surface area contributed by atoms with E-state index in [1.54, 1.807) is 11.3 Å². The predicted molar refractivity (Wildman–Crippen MR) is 59.3 cm³/mol. The van der Waals surface area contributed by atoms with Crippen molar-refractivity contribution in [3.05, 3.63) is 26.6 Å². The molecule has 0 saturated carbocycles. The van der Waals surface area contributed by atoms with Gasteiger partial charge in [0.15, 0.2) is 3.95 Å². The maximum absolute atomic E-state index is 5.17. The van der Waals surface area contributed by atoms with Crippen molar-refractivity contribution >= 4 is 49.7 Å². The van der Waals surface area contributed by atoms with E-state index in [4.69, 9.17) is 12.2 Å². The molecule has 0 unspecified atom stereocenters. The quantitative estimate of drug-likeness (QED) is 0.653. The molecule has 0 aliphatic rings. The van der Waals surface area contributed by atoms with E-state index in [2.05, 4.69) is 22.0 Å². The van der Waals surface area contributed by atoms with Crippen LogP contribution < -0.4 is 0 Å². The van der Waals surface area contributed by atoms with Gasteiger partial charge in [-0.1, -0.05) is 6.07 Å². The van der Waals surface area contributed by atoms with E-state index in [0.29, 0.717) is 0 Å². The summed E-state index contributed by atoms with van der Waals surface area (Å²) in [6.45, 7) is 0. The maximum Gasteiger partial charge on any atom is 0.161 e. The van der Waals surface area contributed by atoms with Gasteiger partial charge in [0, 0.05) is 11.5 Å². The van der Waals surface area contributed by atoms with E-state index >= 15 is 0 Å². The first-order chi connectivity index (χ1) is 5.70. The molecule has 1 aromatic heterocycles. The standard InChI is InChI=1S/C8H6BrNS2/c1-10-7-5(9)3-2-4-6(7)12-8(10)11/h2-4H,1H3. The highest BCUT2D eigenvalue weighted by Crippen LogP contribution is 2.28. The van der Waals surface area contributed by atoms with Crippen molar-refractivity contribution < 1.29 is 0 Å². The molecule has 0 radical (unpaired) electrons. The highest BCUT2D eigenvalue weighted by Gasteiger charge is 2.03. The molecular formula is C8H6BrNS2. The van der Waals surface area contributed by atoms with E-state index in [1.807, 2.05) is 23.7 Å². The minimum Gasteiger partial charge on any atom is -0.325 e. The minimum atomic E-state index is 0.914. The number of nitrogens with zero attached hydrogens (tertiary/aromatic N) is 1. The molecule has 0 atom stereocenters. The first-order valence-electron chi connectivity index (χ1n) is 3.44. The lowest BCUT2D eigenvalue weighted by atomic mass is 10.3. The number of hydrogen-bond acceptors (Lipinski definition) is 2. The molecule has 2 rings (SSSR count). The Hall–Kier alpha value is -0.190. The van der Waals surface area contributed by atoms with Crippen LogP contribution in [0.2, 0.25) is 0 Å².